The predicted molar refractivity (Wildman–Crippen MR) is 117 cm³/mol. The minimum Gasteiger partial charge on any atom is -0.465 e. The number of carbonyl (C=O) groups excluding carboxylic acids is 3. The van der Waals surface area contributed by atoms with Gasteiger partial charge in [-0.25, -0.2) is 14.4 Å². The minimum atomic E-state index is -1.79. The third-order valence-electron chi connectivity index (χ3n) is 5.52. The van der Waals surface area contributed by atoms with Crippen LogP contribution in [0.3, 0.4) is 0 Å². The summed E-state index contributed by atoms with van der Waals surface area (Å²) < 4.78 is 33.4. The van der Waals surface area contributed by atoms with Crippen LogP contribution in [0.4, 0.5) is 0 Å². The average molecular weight is 491 g/mol. The van der Waals surface area contributed by atoms with Gasteiger partial charge in [0.2, 0.25) is 0 Å². The lowest BCUT2D eigenvalue weighted by atomic mass is 9.97. The number of esters is 3. The fraction of sp³-hybridized carbons (Fsp3) is 0.375. The zero-order valence-electron chi connectivity index (χ0n) is 18.4. The van der Waals surface area contributed by atoms with E-state index in [0.717, 1.165) is 0 Å². The summed E-state index contributed by atoms with van der Waals surface area (Å²) in [7, 11) is 1.19. The zero-order chi connectivity index (χ0) is 24.3. The van der Waals surface area contributed by atoms with Crippen LogP contribution in [0, 0.1) is 0 Å². The number of hydrogen-bond donors (Lipinski definition) is 0. The van der Waals surface area contributed by atoms with E-state index in [2.05, 4.69) is 0 Å². The van der Waals surface area contributed by atoms with Crippen LogP contribution in [0.2, 0.25) is 0 Å². The lowest BCUT2D eigenvalue weighted by molar-refractivity contribution is -0.347. The van der Waals surface area contributed by atoms with Gasteiger partial charge in [-0.15, -0.1) is 0 Å². The fourth-order valence-corrected chi connectivity index (χ4v) is 4.09. The van der Waals surface area contributed by atoms with Crippen molar-refractivity contribution in [3.63, 3.8) is 0 Å². The Morgan fingerprint density at radius 1 is 0.912 bits per heavy atom. The molecule has 2 heterocycles. The molecule has 0 radical (unpaired) electrons. The van der Waals surface area contributed by atoms with Crippen LogP contribution in [-0.2, 0) is 33.2 Å². The van der Waals surface area contributed by atoms with Crippen molar-refractivity contribution in [1.29, 1.82) is 0 Å². The average Bonchev–Trinajstić information content (AvgIpc) is 2.86. The summed E-state index contributed by atoms with van der Waals surface area (Å²) in [4.78, 5) is 38.0. The molecular formula is C24H23ClO9. The van der Waals surface area contributed by atoms with Crippen LogP contribution in [0.5, 0.6) is 0 Å². The van der Waals surface area contributed by atoms with Crippen molar-refractivity contribution in [2.45, 2.75) is 42.7 Å². The van der Waals surface area contributed by atoms with Gasteiger partial charge in [-0.2, -0.15) is 0 Å². The first-order valence-corrected chi connectivity index (χ1v) is 11.0. The highest BCUT2D eigenvalue weighted by atomic mass is 35.5. The molecule has 180 valence electrons. The van der Waals surface area contributed by atoms with Gasteiger partial charge in [-0.3, -0.25) is 0 Å². The van der Waals surface area contributed by atoms with Crippen molar-refractivity contribution in [3.8, 4) is 0 Å². The molecular weight excluding hydrogens is 468 g/mol. The zero-order valence-corrected chi connectivity index (χ0v) is 19.2. The molecule has 2 aromatic carbocycles. The molecule has 9 nitrogen and oxygen atoms in total. The number of benzene rings is 2. The van der Waals surface area contributed by atoms with E-state index in [1.54, 1.807) is 60.7 Å². The molecule has 6 atom stereocenters. The summed E-state index contributed by atoms with van der Waals surface area (Å²) in [5, 5.41) is 0. The van der Waals surface area contributed by atoms with E-state index in [1.165, 1.54) is 14.0 Å². The first kappa shape index (κ1) is 24.2. The van der Waals surface area contributed by atoms with E-state index in [-0.39, 0.29) is 17.7 Å². The smallest absolute Gasteiger partial charge is 0.366 e. The number of carbonyl (C=O) groups is 3. The topological polar surface area (TPSA) is 107 Å². The number of methoxy groups -OCH3 is 1. The highest BCUT2D eigenvalue weighted by molar-refractivity contribution is 6.20. The Kier molecular flexibility index (Phi) is 7.18. The third-order valence-corrected chi connectivity index (χ3v) is 5.87. The molecule has 0 saturated carbocycles. The second-order valence-electron chi connectivity index (χ2n) is 7.83. The van der Waals surface area contributed by atoms with E-state index >= 15 is 0 Å². The Bertz CT molecular complexity index is 1030. The van der Waals surface area contributed by atoms with E-state index in [1.807, 2.05) is 0 Å². The number of alkyl halides is 1. The van der Waals surface area contributed by atoms with Crippen molar-refractivity contribution < 1.29 is 42.8 Å². The molecule has 0 bridgehead atoms. The van der Waals surface area contributed by atoms with Gasteiger partial charge in [0.25, 0.3) is 5.79 Å². The van der Waals surface area contributed by atoms with E-state index in [4.69, 9.17) is 40.0 Å². The maximum absolute atomic E-state index is 12.9. The predicted octanol–water partition coefficient (Wildman–Crippen LogP) is 2.71. The number of rotatable bonds is 5. The molecule has 0 aliphatic carbocycles. The largest absolute Gasteiger partial charge is 0.465 e. The van der Waals surface area contributed by atoms with Crippen molar-refractivity contribution in [2.75, 3.05) is 13.7 Å². The lowest BCUT2D eigenvalue weighted by Gasteiger charge is -2.48. The highest BCUT2D eigenvalue weighted by Gasteiger charge is 2.57. The molecule has 2 fully saturated rings. The van der Waals surface area contributed by atoms with E-state index in [0.29, 0.717) is 0 Å². The maximum Gasteiger partial charge on any atom is 0.366 e. The van der Waals surface area contributed by atoms with E-state index < -0.39 is 53.7 Å². The Balaban J connectivity index is 1.65. The second-order valence-corrected chi connectivity index (χ2v) is 8.26. The summed E-state index contributed by atoms with van der Waals surface area (Å²) in [6.07, 6.45) is -4.31. The Labute approximate surface area is 200 Å². The fourth-order valence-electron chi connectivity index (χ4n) is 3.76. The number of ether oxygens (including phenoxy) is 6. The SMILES string of the molecule is COC(=O)[C@@]1(C)OC[C@H]2O[C@H](Cl)[C@H](OC(=O)c3ccccc3)[C@@H](OC(=O)c3ccccc3)[C@@H]2O1. The quantitative estimate of drug-likeness (QED) is 0.355. The normalized spacial score (nSPS) is 30.5. The van der Waals surface area contributed by atoms with Gasteiger partial charge in [-0.05, 0) is 24.3 Å². The van der Waals surface area contributed by atoms with Crippen molar-refractivity contribution >= 4 is 29.5 Å². The molecule has 2 aliphatic heterocycles. The molecule has 0 amide bonds. The summed E-state index contributed by atoms with van der Waals surface area (Å²) in [6, 6.07) is 16.5. The minimum absolute atomic E-state index is 0.0990. The monoisotopic (exact) mass is 490 g/mol. The summed E-state index contributed by atoms with van der Waals surface area (Å²) >= 11 is 6.43. The van der Waals surface area contributed by atoms with Crippen LogP contribution in [0.1, 0.15) is 27.6 Å². The molecule has 2 aliphatic rings. The van der Waals surface area contributed by atoms with Crippen LogP contribution >= 0.6 is 11.6 Å². The molecule has 0 aromatic heterocycles. The van der Waals surface area contributed by atoms with Gasteiger partial charge < -0.3 is 28.4 Å². The molecule has 10 heteroatoms. The molecule has 2 aromatic rings. The van der Waals surface area contributed by atoms with Crippen LogP contribution in [0.25, 0.3) is 0 Å². The van der Waals surface area contributed by atoms with Crippen molar-refractivity contribution in [1.82, 2.24) is 0 Å². The van der Waals surface area contributed by atoms with Gasteiger partial charge in [0.1, 0.15) is 12.2 Å². The second kappa shape index (κ2) is 10.1. The van der Waals surface area contributed by atoms with Crippen LogP contribution in [0.15, 0.2) is 60.7 Å². The number of halogens is 1. The van der Waals surface area contributed by atoms with Gasteiger partial charge in [0.05, 0.1) is 24.8 Å². The van der Waals surface area contributed by atoms with Gasteiger partial charge in [0, 0.05) is 6.92 Å². The summed E-state index contributed by atoms with van der Waals surface area (Å²) in [6.45, 7) is 1.28. The van der Waals surface area contributed by atoms with Gasteiger partial charge in [-0.1, -0.05) is 48.0 Å². The summed E-state index contributed by atoms with van der Waals surface area (Å²) in [5.41, 5.74) is -0.640. The highest BCUT2D eigenvalue weighted by Crippen LogP contribution is 2.37. The molecule has 34 heavy (non-hydrogen) atoms. The molecule has 0 N–H and O–H groups in total. The molecule has 2 saturated heterocycles. The number of fused-ring (bicyclic) bond motifs is 1. The van der Waals surface area contributed by atoms with Crippen LogP contribution in [-0.4, -0.2) is 67.4 Å². The van der Waals surface area contributed by atoms with Crippen LogP contribution < -0.4 is 0 Å². The maximum atomic E-state index is 12.9. The first-order chi connectivity index (χ1) is 16.3. The standard InChI is InChI=1S/C24H23ClO9/c1-24(23(28)29-2)30-13-16-17(34-24)18(32-21(26)14-9-5-3-6-10-14)19(20(25)31-16)33-22(27)15-11-7-4-8-12-15/h3-12,16-20H,13H2,1-2H3/t16-,17-,18+,19-,20+,24+/m1/s1. The first-order valence-electron chi connectivity index (χ1n) is 10.5. The molecule has 0 unspecified atom stereocenters. The molecule has 4 rings (SSSR count). The number of hydrogen-bond acceptors (Lipinski definition) is 9. The Hall–Kier alpha value is -2.98. The summed E-state index contributed by atoms with van der Waals surface area (Å²) in [5.74, 6) is -3.96. The van der Waals surface area contributed by atoms with Crippen molar-refractivity contribution in [3.05, 3.63) is 71.8 Å². The Morgan fingerprint density at radius 2 is 1.44 bits per heavy atom. The van der Waals surface area contributed by atoms with Crippen molar-refractivity contribution in [2.24, 2.45) is 0 Å². The van der Waals surface area contributed by atoms with Gasteiger partial charge >= 0.3 is 17.9 Å². The lowest BCUT2D eigenvalue weighted by Crippen LogP contribution is -2.66. The van der Waals surface area contributed by atoms with Gasteiger partial charge in [0.15, 0.2) is 17.8 Å². The van der Waals surface area contributed by atoms with E-state index in [9.17, 15) is 14.4 Å². The third kappa shape index (κ3) is 4.92. The molecule has 0 spiro atoms. The Morgan fingerprint density at radius 3 is 1.97 bits per heavy atom.